The second kappa shape index (κ2) is 7.75. The van der Waals surface area contributed by atoms with Gasteiger partial charge in [0.15, 0.2) is 0 Å². The Morgan fingerprint density at radius 1 is 0.950 bits per heavy atom. The highest BCUT2D eigenvalue weighted by Gasteiger charge is 2.02. The highest BCUT2D eigenvalue weighted by molar-refractivity contribution is 6.30. The summed E-state index contributed by atoms with van der Waals surface area (Å²) in [5.41, 5.74) is 7.92. The van der Waals surface area contributed by atoms with Crippen LogP contribution in [0.2, 0.25) is 5.02 Å². The van der Waals surface area contributed by atoms with Crippen molar-refractivity contribution in [3.05, 3.63) is 59.1 Å². The van der Waals surface area contributed by atoms with Crippen LogP contribution in [0.5, 0.6) is 0 Å². The maximum atomic E-state index is 11.7. The Morgan fingerprint density at radius 2 is 1.40 bits per heavy atom. The number of urea groups is 1. The molecule has 0 aliphatic rings. The van der Waals surface area contributed by atoms with Crippen molar-refractivity contribution in [2.45, 2.75) is 6.54 Å². The SMILES string of the molecule is Cl.NCc1ccc(NC(=O)Nc2ccc(Cl)cc2)cc1. The molecule has 2 rings (SSSR count). The van der Waals surface area contributed by atoms with Crippen molar-refractivity contribution in [2.75, 3.05) is 10.6 Å². The van der Waals surface area contributed by atoms with Gasteiger partial charge in [-0.15, -0.1) is 12.4 Å². The predicted molar refractivity (Wildman–Crippen MR) is 85.7 cm³/mol. The van der Waals surface area contributed by atoms with Crippen molar-refractivity contribution in [3.63, 3.8) is 0 Å². The average Bonchev–Trinajstić information content (AvgIpc) is 2.42. The average molecular weight is 312 g/mol. The number of anilines is 2. The van der Waals surface area contributed by atoms with Crippen LogP contribution in [0, 0.1) is 0 Å². The fraction of sp³-hybridized carbons (Fsp3) is 0.0714. The van der Waals surface area contributed by atoms with E-state index in [1.807, 2.05) is 24.3 Å². The first-order chi connectivity index (χ1) is 9.17. The summed E-state index contributed by atoms with van der Waals surface area (Å²) in [6, 6.07) is 14.0. The number of nitrogens with two attached hydrogens (primary N) is 1. The summed E-state index contributed by atoms with van der Waals surface area (Å²) in [5.74, 6) is 0. The number of halogens is 2. The lowest BCUT2D eigenvalue weighted by Gasteiger charge is -2.08. The summed E-state index contributed by atoms with van der Waals surface area (Å²) in [4.78, 5) is 11.7. The summed E-state index contributed by atoms with van der Waals surface area (Å²) < 4.78 is 0. The fourth-order valence-corrected chi connectivity index (χ4v) is 1.68. The van der Waals surface area contributed by atoms with Gasteiger partial charge in [0.05, 0.1) is 0 Å². The van der Waals surface area contributed by atoms with Gasteiger partial charge in [0.1, 0.15) is 0 Å². The van der Waals surface area contributed by atoms with Crippen LogP contribution in [0.4, 0.5) is 16.2 Å². The normalized spacial score (nSPS) is 9.50. The molecule has 0 radical (unpaired) electrons. The Bertz CT molecular complexity index is 556. The molecule has 0 atom stereocenters. The van der Waals surface area contributed by atoms with Gasteiger partial charge in [-0.1, -0.05) is 23.7 Å². The van der Waals surface area contributed by atoms with E-state index in [-0.39, 0.29) is 18.4 Å². The van der Waals surface area contributed by atoms with Crippen LogP contribution in [0.1, 0.15) is 5.56 Å². The Balaban J connectivity index is 0.00000200. The predicted octanol–water partition coefficient (Wildman–Crippen LogP) is 3.86. The number of carbonyl (C=O) groups is 1. The van der Waals surface area contributed by atoms with E-state index in [0.29, 0.717) is 22.9 Å². The van der Waals surface area contributed by atoms with Gasteiger partial charge in [-0.3, -0.25) is 0 Å². The summed E-state index contributed by atoms with van der Waals surface area (Å²) in [6.07, 6.45) is 0. The molecule has 2 amide bonds. The van der Waals surface area contributed by atoms with E-state index >= 15 is 0 Å². The van der Waals surface area contributed by atoms with Crippen molar-refractivity contribution in [1.29, 1.82) is 0 Å². The molecule has 0 aromatic heterocycles. The van der Waals surface area contributed by atoms with Crippen LogP contribution in [0.25, 0.3) is 0 Å². The molecule has 0 spiro atoms. The van der Waals surface area contributed by atoms with Crippen LogP contribution in [-0.2, 0) is 6.54 Å². The number of benzene rings is 2. The Labute approximate surface area is 128 Å². The highest BCUT2D eigenvalue weighted by Crippen LogP contribution is 2.14. The number of rotatable bonds is 3. The quantitative estimate of drug-likeness (QED) is 0.805. The monoisotopic (exact) mass is 311 g/mol. The zero-order valence-electron chi connectivity index (χ0n) is 10.6. The molecule has 0 heterocycles. The van der Waals surface area contributed by atoms with E-state index in [2.05, 4.69) is 10.6 Å². The maximum absolute atomic E-state index is 11.7. The lowest BCUT2D eigenvalue weighted by Crippen LogP contribution is -2.19. The van der Waals surface area contributed by atoms with E-state index in [9.17, 15) is 4.79 Å². The minimum absolute atomic E-state index is 0. The van der Waals surface area contributed by atoms with Gasteiger partial charge in [-0.05, 0) is 42.0 Å². The standard InChI is InChI=1S/C14H14ClN3O.ClH/c15-11-3-7-13(8-4-11)18-14(19)17-12-5-1-10(9-16)2-6-12;/h1-8H,9,16H2,(H2,17,18,19);1H. The van der Waals surface area contributed by atoms with E-state index in [4.69, 9.17) is 17.3 Å². The second-order valence-electron chi connectivity index (χ2n) is 3.99. The first kappa shape index (κ1) is 16.3. The van der Waals surface area contributed by atoms with Gasteiger partial charge in [0, 0.05) is 22.9 Å². The second-order valence-corrected chi connectivity index (χ2v) is 4.42. The fourth-order valence-electron chi connectivity index (χ4n) is 1.55. The molecule has 106 valence electrons. The van der Waals surface area contributed by atoms with Crippen molar-refractivity contribution < 1.29 is 4.79 Å². The summed E-state index contributed by atoms with van der Waals surface area (Å²) >= 11 is 5.77. The minimum Gasteiger partial charge on any atom is -0.326 e. The molecule has 0 aliphatic carbocycles. The Kier molecular flexibility index (Phi) is 6.31. The van der Waals surface area contributed by atoms with Crippen molar-refractivity contribution >= 4 is 41.4 Å². The van der Waals surface area contributed by atoms with E-state index in [0.717, 1.165) is 5.56 Å². The van der Waals surface area contributed by atoms with Crippen molar-refractivity contribution in [3.8, 4) is 0 Å². The molecule has 4 N–H and O–H groups in total. The van der Waals surface area contributed by atoms with Gasteiger partial charge in [-0.25, -0.2) is 4.79 Å². The van der Waals surface area contributed by atoms with Crippen LogP contribution in [0.3, 0.4) is 0 Å². The molecule has 20 heavy (non-hydrogen) atoms. The van der Waals surface area contributed by atoms with Gasteiger partial charge in [-0.2, -0.15) is 0 Å². The molecule has 0 bridgehead atoms. The van der Waals surface area contributed by atoms with Crippen LogP contribution >= 0.6 is 24.0 Å². The molecular formula is C14H15Cl2N3O. The molecule has 0 saturated heterocycles. The summed E-state index contributed by atoms with van der Waals surface area (Å²) in [7, 11) is 0. The number of hydrogen-bond acceptors (Lipinski definition) is 2. The number of nitrogens with one attached hydrogen (secondary N) is 2. The first-order valence-corrected chi connectivity index (χ1v) is 6.18. The summed E-state index contributed by atoms with van der Waals surface area (Å²) in [6.45, 7) is 0.483. The Morgan fingerprint density at radius 3 is 1.85 bits per heavy atom. The zero-order chi connectivity index (χ0) is 13.7. The molecule has 0 unspecified atom stereocenters. The lowest BCUT2D eigenvalue weighted by atomic mass is 10.2. The molecule has 4 nitrogen and oxygen atoms in total. The number of carbonyl (C=O) groups excluding carboxylic acids is 1. The third kappa shape index (κ3) is 4.74. The molecule has 6 heteroatoms. The minimum atomic E-state index is -0.303. The number of amides is 2. The molecule has 0 aliphatic heterocycles. The van der Waals surface area contributed by atoms with E-state index in [1.165, 1.54) is 0 Å². The van der Waals surface area contributed by atoms with Gasteiger partial charge >= 0.3 is 6.03 Å². The molecule has 0 fully saturated rings. The molecule has 2 aromatic carbocycles. The van der Waals surface area contributed by atoms with E-state index < -0.39 is 0 Å². The smallest absolute Gasteiger partial charge is 0.323 e. The zero-order valence-corrected chi connectivity index (χ0v) is 12.2. The molecule has 0 saturated carbocycles. The molecular weight excluding hydrogens is 297 g/mol. The maximum Gasteiger partial charge on any atom is 0.323 e. The summed E-state index contributed by atoms with van der Waals surface area (Å²) in [5, 5.41) is 6.07. The van der Waals surface area contributed by atoms with Crippen LogP contribution in [0.15, 0.2) is 48.5 Å². The van der Waals surface area contributed by atoms with Gasteiger partial charge < -0.3 is 16.4 Å². The van der Waals surface area contributed by atoms with Gasteiger partial charge in [0.25, 0.3) is 0 Å². The highest BCUT2D eigenvalue weighted by atomic mass is 35.5. The third-order valence-corrected chi connectivity index (χ3v) is 2.80. The molecule has 2 aromatic rings. The van der Waals surface area contributed by atoms with Crippen LogP contribution < -0.4 is 16.4 Å². The Hall–Kier alpha value is -1.75. The first-order valence-electron chi connectivity index (χ1n) is 5.80. The van der Waals surface area contributed by atoms with Crippen molar-refractivity contribution in [1.82, 2.24) is 0 Å². The topological polar surface area (TPSA) is 67.1 Å². The third-order valence-electron chi connectivity index (χ3n) is 2.55. The van der Waals surface area contributed by atoms with E-state index in [1.54, 1.807) is 24.3 Å². The largest absolute Gasteiger partial charge is 0.326 e. The van der Waals surface area contributed by atoms with Gasteiger partial charge in [0.2, 0.25) is 0 Å². The lowest BCUT2D eigenvalue weighted by molar-refractivity contribution is 0.262. The van der Waals surface area contributed by atoms with Crippen LogP contribution in [-0.4, -0.2) is 6.03 Å². The number of hydrogen-bond donors (Lipinski definition) is 3. The van der Waals surface area contributed by atoms with Crippen molar-refractivity contribution in [2.24, 2.45) is 5.73 Å².